The number of sulfonamides is 1. The molecule has 1 aliphatic heterocycles. The fraction of sp³-hybridized carbons (Fsp3) is 0.333. The van der Waals surface area contributed by atoms with Gasteiger partial charge in [-0.2, -0.15) is 4.31 Å². The number of hydrogen-bond acceptors (Lipinski definition) is 4. The second kappa shape index (κ2) is 8.38. The Balaban J connectivity index is 1.58. The largest absolute Gasteiger partial charge is 0.377 e. The Hall–Kier alpha value is -2.41. The van der Waals surface area contributed by atoms with Crippen LogP contribution in [0.15, 0.2) is 71.6 Å². The molecule has 5 nitrogen and oxygen atoms in total. The normalized spacial score (nSPS) is 17.2. The molecule has 1 saturated heterocycles. The van der Waals surface area contributed by atoms with Crippen molar-refractivity contribution in [2.75, 3.05) is 45.2 Å². The summed E-state index contributed by atoms with van der Waals surface area (Å²) < 4.78 is 28.7. The molecule has 1 aliphatic rings. The van der Waals surface area contributed by atoms with E-state index in [0.29, 0.717) is 18.0 Å². The van der Waals surface area contributed by atoms with Gasteiger partial charge in [0, 0.05) is 62.8 Å². The highest BCUT2D eigenvalue weighted by Gasteiger charge is 2.31. The Bertz CT molecular complexity index is 1120. The van der Waals surface area contributed by atoms with Crippen LogP contribution in [0.4, 0.5) is 5.69 Å². The van der Waals surface area contributed by atoms with Gasteiger partial charge in [0.2, 0.25) is 10.0 Å². The molecule has 1 heterocycles. The number of hydrogen-bond donors (Lipinski definition) is 0. The summed E-state index contributed by atoms with van der Waals surface area (Å²) in [4.78, 5) is 4.77. The summed E-state index contributed by atoms with van der Waals surface area (Å²) in [6.45, 7) is 4.64. The first-order chi connectivity index (χ1) is 14.4. The molecule has 0 saturated carbocycles. The van der Waals surface area contributed by atoms with Gasteiger partial charge in [0.25, 0.3) is 0 Å². The lowest BCUT2D eigenvalue weighted by Crippen LogP contribution is -2.49. The van der Waals surface area contributed by atoms with Crippen LogP contribution in [-0.2, 0) is 10.0 Å². The molecule has 30 heavy (non-hydrogen) atoms. The van der Waals surface area contributed by atoms with Crippen LogP contribution in [0.3, 0.4) is 0 Å². The van der Waals surface area contributed by atoms with Gasteiger partial charge < -0.3 is 4.90 Å². The standard InChI is InChI=1S/C24H29N3O2S/c1-19(20-9-5-4-6-10-20)26-15-17-27(18-16-26)30(28,29)24-14-8-11-21-22(24)12-7-13-23(21)25(2)3/h4-14,19H,15-18H2,1-3H3. The lowest BCUT2D eigenvalue weighted by Gasteiger charge is -2.37. The quantitative estimate of drug-likeness (QED) is 0.623. The van der Waals surface area contributed by atoms with Gasteiger partial charge in [-0.25, -0.2) is 8.42 Å². The number of benzene rings is 3. The Morgan fingerprint density at radius 2 is 1.43 bits per heavy atom. The summed E-state index contributed by atoms with van der Waals surface area (Å²) in [5.74, 6) is 0. The molecule has 0 aromatic heterocycles. The Morgan fingerprint density at radius 1 is 0.800 bits per heavy atom. The number of anilines is 1. The number of piperazine rings is 1. The number of rotatable bonds is 5. The maximum absolute atomic E-state index is 13.5. The molecule has 0 radical (unpaired) electrons. The van der Waals surface area contributed by atoms with Gasteiger partial charge in [0.1, 0.15) is 0 Å². The van der Waals surface area contributed by atoms with Gasteiger partial charge in [0.15, 0.2) is 0 Å². The minimum Gasteiger partial charge on any atom is -0.377 e. The van der Waals surface area contributed by atoms with E-state index in [4.69, 9.17) is 0 Å². The minimum atomic E-state index is -3.56. The van der Waals surface area contributed by atoms with E-state index < -0.39 is 10.0 Å². The van der Waals surface area contributed by atoms with Crippen LogP contribution < -0.4 is 4.90 Å². The average molecular weight is 424 g/mol. The first-order valence-corrected chi connectivity index (χ1v) is 11.8. The van der Waals surface area contributed by atoms with Crippen LogP contribution in [0.5, 0.6) is 0 Å². The van der Waals surface area contributed by atoms with Crippen LogP contribution in [0.25, 0.3) is 10.8 Å². The zero-order chi connectivity index (χ0) is 21.3. The second-order valence-corrected chi connectivity index (χ2v) is 9.96. The third-order valence-corrected chi connectivity index (χ3v) is 8.02. The molecule has 3 aromatic rings. The third kappa shape index (κ3) is 3.83. The van der Waals surface area contributed by atoms with Crippen molar-refractivity contribution in [1.29, 1.82) is 0 Å². The van der Waals surface area contributed by atoms with Gasteiger partial charge in [-0.3, -0.25) is 4.90 Å². The number of fused-ring (bicyclic) bond motifs is 1. The number of nitrogens with zero attached hydrogens (tertiary/aromatic N) is 3. The Morgan fingerprint density at radius 3 is 2.10 bits per heavy atom. The average Bonchev–Trinajstić information content (AvgIpc) is 2.78. The van der Waals surface area contributed by atoms with Gasteiger partial charge in [0.05, 0.1) is 4.90 Å². The Kier molecular flexibility index (Phi) is 5.82. The predicted octanol–water partition coefficient (Wildman–Crippen LogP) is 3.97. The first kappa shape index (κ1) is 20.8. The molecule has 3 aromatic carbocycles. The maximum atomic E-state index is 13.5. The molecule has 1 atom stereocenters. The summed E-state index contributed by atoms with van der Waals surface area (Å²) in [7, 11) is 0.394. The van der Waals surface area contributed by atoms with Crippen LogP contribution in [0.1, 0.15) is 18.5 Å². The third-order valence-electron chi connectivity index (χ3n) is 6.06. The molecule has 1 unspecified atom stereocenters. The van der Waals surface area contributed by atoms with E-state index >= 15 is 0 Å². The summed E-state index contributed by atoms with van der Waals surface area (Å²) in [6.07, 6.45) is 0. The SMILES string of the molecule is CC(c1ccccc1)N1CCN(S(=O)(=O)c2cccc3c(N(C)C)cccc23)CC1. The second-order valence-electron chi connectivity index (χ2n) is 8.05. The van der Waals surface area contributed by atoms with E-state index in [1.165, 1.54) is 5.56 Å². The molecular weight excluding hydrogens is 394 g/mol. The topological polar surface area (TPSA) is 43.9 Å². The van der Waals surface area contributed by atoms with Crippen molar-refractivity contribution in [3.63, 3.8) is 0 Å². The smallest absolute Gasteiger partial charge is 0.243 e. The molecule has 0 bridgehead atoms. The molecule has 0 amide bonds. The van der Waals surface area contributed by atoms with Crippen LogP contribution in [0.2, 0.25) is 0 Å². The van der Waals surface area contributed by atoms with Crippen molar-refractivity contribution in [1.82, 2.24) is 9.21 Å². The summed E-state index contributed by atoms with van der Waals surface area (Å²) in [5, 5.41) is 1.74. The summed E-state index contributed by atoms with van der Waals surface area (Å²) >= 11 is 0. The van der Waals surface area contributed by atoms with Crippen molar-refractivity contribution in [3.05, 3.63) is 72.3 Å². The van der Waals surface area contributed by atoms with Gasteiger partial charge in [-0.05, 0) is 24.6 Å². The van der Waals surface area contributed by atoms with E-state index in [2.05, 4.69) is 36.1 Å². The van der Waals surface area contributed by atoms with E-state index in [-0.39, 0.29) is 6.04 Å². The zero-order valence-corrected chi connectivity index (χ0v) is 18.6. The van der Waals surface area contributed by atoms with E-state index in [0.717, 1.165) is 29.5 Å². The molecule has 6 heteroatoms. The maximum Gasteiger partial charge on any atom is 0.243 e. The van der Waals surface area contributed by atoms with Gasteiger partial charge >= 0.3 is 0 Å². The monoisotopic (exact) mass is 423 g/mol. The molecule has 158 valence electrons. The first-order valence-electron chi connectivity index (χ1n) is 10.4. The van der Waals surface area contributed by atoms with Gasteiger partial charge in [-0.15, -0.1) is 0 Å². The molecule has 0 aliphatic carbocycles. The highest BCUT2D eigenvalue weighted by atomic mass is 32.2. The lowest BCUT2D eigenvalue weighted by molar-refractivity contribution is 0.146. The fourth-order valence-corrected chi connectivity index (χ4v) is 5.92. The van der Waals surface area contributed by atoms with Crippen molar-refractivity contribution in [2.45, 2.75) is 17.9 Å². The zero-order valence-electron chi connectivity index (χ0n) is 17.8. The lowest BCUT2D eigenvalue weighted by atomic mass is 10.1. The van der Waals surface area contributed by atoms with Crippen molar-refractivity contribution in [2.24, 2.45) is 0 Å². The Labute approximate surface area is 179 Å². The van der Waals surface area contributed by atoms with E-state index in [1.54, 1.807) is 10.4 Å². The highest BCUT2D eigenvalue weighted by Crippen LogP contribution is 2.32. The highest BCUT2D eigenvalue weighted by molar-refractivity contribution is 7.89. The minimum absolute atomic E-state index is 0.274. The predicted molar refractivity (Wildman–Crippen MR) is 123 cm³/mol. The van der Waals surface area contributed by atoms with Crippen molar-refractivity contribution >= 4 is 26.5 Å². The van der Waals surface area contributed by atoms with Crippen LogP contribution >= 0.6 is 0 Å². The molecule has 0 N–H and O–H groups in total. The molecular formula is C24H29N3O2S. The van der Waals surface area contributed by atoms with Crippen LogP contribution in [0, 0.1) is 0 Å². The summed E-state index contributed by atoms with van der Waals surface area (Å²) in [5.41, 5.74) is 2.28. The molecule has 4 rings (SSSR count). The van der Waals surface area contributed by atoms with Gasteiger partial charge in [-0.1, -0.05) is 54.6 Å². The van der Waals surface area contributed by atoms with Crippen LogP contribution in [-0.4, -0.2) is 57.9 Å². The fourth-order valence-electron chi connectivity index (χ4n) is 4.29. The van der Waals surface area contributed by atoms with E-state index in [1.807, 2.05) is 55.4 Å². The van der Waals surface area contributed by atoms with E-state index in [9.17, 15) is 8.42 Å². The van der Waals surface area contributed by atoms with Crippen molar-refractivity contribution in [3.8, 4) is 0 Å². The summed E-state index contributed by atoms with van der Waals surface area (Å²) in [6, 6.07) is 22.1. The molecule has 0 spiro atoms. The molecule has 1 fully saturated rings. The van der Waals surface area contributed by atoms with Crippen molar-refractivity contribution < 1.29 is 8.42 Å².